The van der Waals surface area contributed by atoms with Gasteiger partial charge in [-0.3, -0.25) is 9.69 Å². The molecule has 1 aromatic heterocycles. The Hall–Kier alpha value is -2.00. The molecule has 7 nitrogen and oxygen atoms in total. The zero-order valence-electron chi connectivity index (χ0n) is 19.7. The fourth-order valence-corrected chi connectivity index (χ4v) is 4.14. The Kier molecular flexibility index (Phi) is 9.47. The van der Waals surface area contributed by atoms with Gasteiger partial charge in [-0.2, -0.15) is 0 Å². The fraction of sp³-hybridized carbons (Fsp3) is 0.583. The van der Waals surface area contributed by atoms with Gasteiger partial charge >= 0.3 is 0 Å². The summed E-state index contributed by atoms with van der Waals surface area (Å²) < 4.78 is 5.47. The molecular formula is C24H37N5O2S. The molecule has 0 atom stereocenters. The molecular weight excluding hydrogens is 422 g/mol. The quantitative estimate of drug-likeness (QED) is 0.416. The molecule has 8 heteroatoms. The molecule has 32 heavy (non-hydrogen) atoms. The summed E-state index contributed by atoms with van der Waals surface area (Å²) in [4.78, 5) is 22.5. The summed E-state index contributed by atoms with van der Waals surface area (Å²) >= 11 is 5.74. The van der Waals surface area contributed by atoms with Gasteiger partial charge in [-0.1, -0.05) is 13.0 Å². The molecule has 1 saturated heterocycles. The van der Waals surface area contributed by atoms with E-state index in [0.717, 1.165) is 81.8 Å². The number of aromatic amines is 1. The van der Waals surface area contributed by atoms with Gasteiger partial charge in [0.05, 0.1) is 19.8 Å². The van der Waals surface area contributed by atoms with Crippen LogP contribution in [0.1, 0.15) is 24.5 Å². The van der Waals surface area contributed by atoms with Crippen LogP contribution in [0.3, 0.4) is 0 Å². The Morgan fingerprint density at radius 2 is 2.00 bits per heavy atom. The number of aromatic nitrogens is 1. The molecule has 0 spiro atoms. The monoisotopic (exact) mass is 459 g/mol. The van der Waals surface area contributed by atoms with Gasteiger partial charge in [-0.15, -0.1) is 0 Å². The highest BCUT2D eigenvalue weighted by atomic mass is 32.1. The molecule has 2 aromatic rings. The van der Waals surface area contributed by atoms with Crippen LogP contribution in [-0.4, -0.2) is 91.4 Å². The van der Waals surface area contributed by atoms with Crippen molar-refractivity contribution in [1.29, 1.82) is 0 Å². The van der Waals surface area contributed by atoms with Crippen LogP contribution in [0.2, 0.25) is 0 Å². The number of ether oxygens (including phenoxy) is 1. The summed E-state index contributed by atoms with van der Waals surface area (Å²) in [5.74, 6) is 0. The lowest BCUT2D eigenvalue weighted by molar-refractivity contribution is 0.0357. The first-order chi connectivity index (χ1) is 15.5. The number of aryl methyl sites for hydroxylation is 1. The Morgan fingerprint density at radius 1 is 1.22 bits per heavy atom. The second-order valence-corrected chi connectivity index (χ2v) is 9.05. The molecule has 0 radical (unpaired) electrons. The molecule has 2 N–H and O–H groups in total. The van der Waals surface area contributed by atoms with E-state index in [-0.39, 0.29) is 5.56 Å². The predicted octanol–water partition coefficient (Wildman–Crippen LogP) is 2.05. The molecule has 176 valence electrons. The molecule has 1 aliphatic rings. The van der Waals surface area contributed by atoms with Gasteiger partial charge in [-0.25, -0.2) is 0 Å². The van der Waals surface area contributed by atoms with Gasteiger partial charge in [0, 0.05) is 43.8 Å². The van der Waals surface area contributed by atoms with E-state index in [4.69, 9.17) is 17.0 Å². The summed E-state index contributed by atoms with van der Waals surface area (Å²) in [6.45, 7) is 9.55. The molecule has 0 unspecified atom stereocenters. The highest BCUT2D eigenvalue weighted by Gasteiger charge is 2.16. The van der Waals surface area contributed by atoms with Crippen molar-refractivity contribution in [2.45, 2.75) is 26.3 Å². The maximum Gasteiger partial charge on any atom is 0.253 e. The number of morpholine rings is 1. The third kappa shape index (κ3) is 7.27. The van der Waals surface area contributed by atoms with Crippen molar-refractivity contribution >= 4 is 28.2 Å². The zero-order chi connectivity index (χ0) is 22.9. The Bertz CT molecular complexity index is 940. The van der Waals surface area contributed by atoms with E-state index in [2.05, 4.69) is 58.2 Å². The maximum absolute atomic E-state index is 12.8. The third-order valence-electron chi connectivity index (χ3n) is 5.89. The first-order valence-corrected chi connectivity index (χ1v) is 12.0. The molecule has 2 heterocycles. The SMILES string of the molecule is CCc1ccc2[nH]c(=O)c(CN(CCN3CCOCC3)C(=S)NCCCN(C)C)cc2c1. The molecule has 1 aliphatic heterocycles. The highest BCUT2D eigenvalue weighted by molar-refractivity contribution is 7.80. The number of hydrogen-bond donors (Lipinski definition) is 2. The van der Waals surface area contributed by atoms with E-state index in [9.17, 15) is 4.79 Å². The van der Waals surface area contributed by atoms with Gasteiger partial charge in [0.25, 0.3) is 5.56 Å². The smallest absolute Gasteiger partial charge is 0.253 e. The largest absolute Gasteiger partial charge is 0.379 e. The van der Waals surface area contributed by atoms with Crippen LogP contribution in [0.5, 0.6) is 0 Å². The highest BCUT2D eigenvalue weighted by Crippen LogP contribution is 2.15. The summed E-state index contributed by atoms with van der Waals surface area (Å²) in [5.41, 5.74) is 2.83. The summed E-state index contributed by atoms with van der Waals surface area (Å²) in [5, 5.41) is 5.17. The summed E-state index contributed by atoms with van der Waals surface area (Å²) in [7, 11) is 4.14. The van der Waals surface area contributed by atoms with Crippen LogP contribution in [0.4, 0.5) is 0 Å². The number of nitrogens with zero attached hydrogens (tertiary/aromatic N) is 3. The minimum Gasteiger partial charge on any atom is -0.379 e. The maximum atomic E-state index is 12.8. The van der Waals surface area contributed by atoms with Crippen molar-refractivity contribution in [3.8, 4) is 0 Å². The number of hydrogen-bond acceptors (Lipinski definition) is 5. The average Bonchev–Trinajstić information content (AvgIpc) is 2.79. The van der Waals surface area contributed by atoms with E-state index in [0.29, 0.717) is 11.7 Å². The van der Waals surface area contributed by atoms with Gasteiger partial charge in [0.1, 0.15) is 0 Å². The zero-order valence-corrected chi connectivity index (χ0v) is 20.5. The minimum absolute atomic E-state index is 0.0477. The van der Waals surface area contributed by atoms with E-state index in [1.165, 1.54) is 5.56 Å². The topological polar surface area (TPSA) is 63.8 Å². The minimum atomic E-state index is -0.0477. The summed E-state index contributed by atoms with van der Waals surface area (Å²) in [6, 6.07) is 8.24. The number of pyridine rings is 1. The van der Waals surface area contributed by atoms with Gasteiger partial charge in [0.15, 0.2) is 5.11 Å². The van der Waals surface area contributed by atoms with Crippen LogP contribution >= 0.6 is 12.2 Å². The van der Waals surface area contributed by atoms with Crippen molar-refractivity contribution in [1.82, 2.24) is 25.0 Å². The molecule has 0 aliphatic carbocycles. The standard InChI is InChI=1S/C24H37N5O2S/c1-4-19-6-7-22-20(16-19)17-21(23(30)26-22)18-29(11-10-28-12-14-31-15-13-28)24(32)25-8-5-9-27(2)3/h6-7,16-17H,4-5,8-15,18H2,1-3H3,(H,25,32)(H,26,30). The van der Waals surface area contributed by atoms with Crippen LogP contribution in [0.15, 0.2) is 29.1 Å². The molecule has 0 bridgehead atoms. The average molecular weight is 460 g/mol. The van der Waals surface area contributed by atoms with Gasteiger partial charge < -0.3 is 24.8 Å². The number of benzene rings is 1. The molecule has 0 amide bonds. The van der Waals surface area contributed by atoms with Crippen molar-refractivity contribution in [3.05, 3.63) is 45.7 Å². The lowest BCUT2D eigenvalue weighted by Crippen LogP contribution is -2.46. The Balaban J connectivity index is 1.73. The number of thiocarbonyl (C=S) groups is 1. The van der Waals surface area contributed by atoms with Crippen LogP contribution in [0.25, 0.3) is 10.9 Å². The predicted molar refractivity (Wildman–Crippen MR) is 135 cm³/mol. The molecule has 1 fully saturated rings. The normalized spacial score (nSPS) is 14.8. The van der Waals surface area contributed by atoms with Crippen molar-refractivity contribution in [3.63, 3.8) is 0 Å². The van der Waals surface area contributed by atoms with Gasteiger partial charge in [0.2, 0.25) is 0 Å². The number of rotatable bonds is 10. The van der Waals surface area contributed by atoms with E-state index < -0.39 is 0 Å². The summed E-state index contributed by atoms with van der Waals surface area (Å²) in [6.07, 6.45) is 1.98. The van der Waals surface area contributed by atoms with E-state index >= 15 is 0 Å². The van der Waals surface area contributed by atoms with E-state index in [1.807, 2.05) is 12.1 Å². The first-order valence-electron chi connectivity index (χ1n) is 11.6. The Morgan fingerprint density at radius 3 is 2.72 bits per heavy atom. The lowest BCUT2D eigenvalue weighted by atomic mass is 10.1. The van der Waals surface area contributed by atoms with Crippen LogP contribution < -0.4 is 10.9 Å². The molecule has 3 rings (SSSR count). The van der Waals surface area contributed by atoms with E-state index in [1.54, 1.807) is 0 Å². The van der Waals surface area contributed by atoms with Crippen molar-refractivity contribution in [2.24, 2.45) is 0 Å². The van der Waals surface area contributed by atoms with Gasteiger partial charge in [-0.05, 0) is 74.8 Å². The number of fused-ring (bicyclic) bond motifs is 1. The van der Waals surface area contributed by atoms with Crippen molar-refractivity contribution < 1.29 is 4.74 Å². The number of H-pyrrole nitrogens is 1. The second-order valence-electron chi connectivity index (χ2n) is 8.66. The molecule has 0 saturated carbocycles. The van der Waals surface area contributed by atoms with Crippen LogP contribution in [0, 0.1) is 0 Å². The lowest BCUT2D eigenvalue weighted by Gasteiger charge is -2.31. The molecule has 1 aromatic carbocycles. The Labute approximate surface area is 196 Å². The first kappa shape index (κ1) is 24.6. The van der Waals surface area contributed by atoms with Crippen LogP contribution in [-0.2, 0) is 17.7 Å². The van der Waals surface area contributed by atoms with Crippen molar-refractivity contribution in [2.75, 3.05) is 66.6 Å². The fourth-order valence-electron chi connectivity index (χ4n) is 3.89. The second kappa shape index (κ2) is 12.3. The number of nitrogens with one attached hydrogen (secondary N) is 2. The third-order valence-corrected chi connectivity index (χ3v) is 6.29.